The standard InChI is InChI=1S/C11H8BrF4NO3/c12-6-2-1-5(7(13)4-6)3-8(9(18)19)17-10(20)11(14,15)16/h1-2,4,8H,3H2,(H,17,20)(H,18,19)/t8-/m1/s1. The molecule has 1 aromatic rings. The minimum atomic E-state index is -5.20. The summed E-state index contributed by atoms with van der Waals surface area (Å²) in [5, 5.41) is 10.1. The summed E-state index contributed by atoms with van der Waals surface area (Å²) in [6.45, 7) is 0. The summed E-state index contributed by atoms with van der Waals surface area (Å²) in [5.41, 5.74) is -0.122. The molecular formula is C11H8BrF4NO3. The molecule has 0 heterocycles. The molecule has 110 valence electrons. The molecule has 0 saturated heterocycles. The van der Waals surface area contributed by atoms with Gasteiger partial charge in [-0.25, -0.2) is 9.18 Å². The highest BCUT2D eigenvalue weighted by molar-refractivity contribution is 9.10. The van der Waals surface area contributed by atoms with Crippen LogP contribution in [0.4, 0.5) is 17.6 Å². The molecule has 0 aliphatic carbocycles. The van der Waals surface area contributed by atoms with Crippen molar-refractivity contribution in [1.29, 1.82) is 0 Å². The second-order valence-electron chi connectivity index (χ2n) is 3.80. The monoisotopic (exact) mass is 357 g/mol. The number of amides is 1. The highest BCUT2D eigenvalue weighted by atomic mass is 79.9. The van der Waals surface area contributed by atoms with Crippen LogP contribution in [0.1, 0.15) is 5.56 Å². The van der Waals surface area contributed by atoms with Crippen molar-refractivity contribution in [3.63, 3.8) is 0 Å². The Morgan fingerprint density at radius 2 is 1.95 bits per heavy atom. The van der Waals surface area contributed by atoms with Gasteiger partial charge in [-0.15, -0.1) is 0 Å². The molecule has 1 rings (SSSR count). The van der Waals surface area contributed by atoms with E-state index < -0.39 is 36.3 Å². The van der Waals surface area contributed by atoms with Gasteiger partial charge in [0.1, 0.15) is 11.9 Å². The Kier molecular flexibility index (Phi) is 5.09. The summed E-state index contributed by atoms with van der Waals surface area (Å²) in [4.78, 5) is 21.5. The summed E-state index contributed by atoms with van der Waals surface area (Å²) in [7, 11) is 0. The Balaban J connectivity index is 2.88. The second kappa shape index (κ2) is 6.21. The summed E-state index contributed by atoms with van der Waals surface area (Å²) in [6, 6.07) is 1.79. The number of carbonyl (C=O) groups is 2. The molecule has 0 fully saturated rings. The SMILES string of the molecule is O=C(O)[C@@H](Cc1ccc(Br)cc1F)NC(=O)C(F)(F)F. The molecule has 0 saturated carbocycles. The minimum Gasteiger partial charge on any atom is -0.480 e. The van der Waals surface area contributed by atoms with E-state index >= 15 is 0 Å². The smallest absolute Gasteiger partial charge is 0.471 e. The number of carboxylic acids is 1. The molecule has 2 N–H and O–H groups in total. The summed E-state index contributed by atoms with van der Waals surface area (Å²) in [5.74, 6) is -4.86. The van der Waals surface area contributed by atoms with Crippen LogP contribution in [0.2, 0.25) is 0 Å². The van der Waals surface area contributed by atoms with Crippen LogP contribution in [0.3, 0.4) is 0 Å². The van der Waals surface area contributed by atoms with E-state index in [0.29, 0.717) is 4.47 Å². The summed E-state index contributed by atoms with van der Waals surface area (Å²) < 4.78 is 50.1. The molecule has 0 aliphatic rings. The number of hydrogen-bond donors (Lipinski definition) is 2. The number of alkyl halides is 3. The van der Waals surface area contributed by atoms with E-state index in [1.165, 1.54) is 17.4 Å². The molecule has 0 bridgehead atoms. The minimum absolute atomic E-state index is 0.122. The van der Waals surface area contributed by atoms with Crippen molar-refractivity contribution < 1.29 is 32.3 Å². The van der Waals surface area contributed by atoms with Crippen LogP contribution in [0.15, 0.2) is 22.7 Å². The normalized spacial score (nSPS) is 12.8. The second-order valence-corrected chi connectivity index (χ2v) is 4.72. The van der Waals surface area contributed by atoms with E-state index in [1.807, 2.05) is 0 Å². The molecule has 0 aromatic heterocycles. The van der Waals surface area contributed by atoms with Crippen molar-refractivity contribution in [2.75, 3.05) is 0 Å². The quantitative estimate of drug-likeness (QED) is 0.812. The van der Waals surface area contributed by atoms with E-state index in [1.54, 1.807) is 0 Å². The highest BCUT2D eigenvalue weighted by Gasteiger charge is 2.40. The van der Waals surface area contributed by atoms with Crippen LogP contribution in [0.5, 0.6) is 0 Å². The van der Waals surface area contributed by atoms with Crippen LogP contribution < -0.4 is 5.32 Å². The number of hydrogen-bond acceptors (Lipinski definition) is 2. The van der Waals surface area contributed by atoms with Crippen molar-refractivity contribution in [2.24, 2.45) is 0 Å². The van der Waals surface area contributed by atoms with Crippen molar-refractivity contribution in [3.05, 3.63) is 34.1 Å². The van der Waals surface area contributed by atoms with Gasteiger partial charge in [-0.3, -0.25) is 4.79 Å². The van der Waals surface area contributed by atoms with Gasteiger partial charge in [0.2, 0.25) is 0 Å². The van der Waals surface area contributed by atoms with Gasteiger partial charge in [0.25, 0.3) is 0 Å². The fourth-order valence-corrected chi connectivity index (χ4v) is 1.68. The molecule has 0 spiro atoms. The van der Waals surface area contributed by atoms with Gasteiger partial charge in [-0.05, 0) is 17.7 Å². The van der Waals surface area contributed by atoms with E-state index in [9.17, 15) is 27.2 Å². The van der Waals surface area contributed by atoms with Crippen LogP contribution in [-0.2, 0) is 16.0 Å². The lowest BCUT2D eigenvalue weighted by Gasteiger charge is -2.16. The van der Waals surface area contributed by atoms with Crippen LogP contribution >= 0.6 is 15.9 Å². The number of carboxylic acid groups (broad SMARTS) is 1. The van der Waals surface area contributed by atoms with Crippen molar-refractivity contribution in [1.82, 2.24) is 5.32 Å². The Morgan fingerprint density at radius 3 is 2.40 bits per heavy atom. The van der Waals surface area contributed by atoms with Crippen LogP contribution in [0, 0.1) is 5.82 Å². The first-order chi connectivity index (χ1) is 9.11. The summed E-state index contributed by atoms with van der Waals surface area (Å²) in [6.07, 6.45) is -5.80. The van der Waals surface area contributed by atoms with Gasteiger partial charge in [0.15, 0.2) is 0 Å². The average molecular weight is 358 g/mol. The number of aliphatic carboxylic acids is 1. The third-order valence-corrected chi connectivity index (χ3v) is 2.79. The number of benzene rings is 1. The molecule has 0 radical (unpaired) electrons. The van der Waals surface area contributed by atoms with E-state index in [-0.39, 0.29) is 5.56 Å². The number of carbonyl (C=O) groups excluding carboxylic acids is 1. The fourth-order valence-electron chi connectivity index (χ4n) is 1.35. The van der Waals surface area contributed by atoms with Gasteiger partial charge in [0, 0.05) is 10.9 Å². The Morgan fingerprint density at radius 1 is 1.35 bits per heavy atom. The first kappa shape index (κ1) is 16.4. The topological polar surface area (TPSA) is 66.4 Å². The van der Waals surface area contributed by atoms with Gasteiger partial charge in [0.05, 0.1) is 0 Å². The van der Waals surface area contributed by atoms with Gasteiger partial charge in [-0.2, -0.15) is 13.2 Å². The maximum absolute atomic E-state index is 13.5. The molecule has 20 heavy (non-hydrogen) atoms. The van der Waals surface area contributed by atoms with Crippen molar-refractivity contribution in [3.8, 4) is 0 Å². The fraction of sp³-hybridized carbons (Fsp3) is 0.273. The third-order valence-electron chi connectivity index (χ3n) is 2.30. The number of nitrogens with one attached hydrogen (secondary N) is 1. The van der Waals surface area contributed by atoms with Crippen molar-refractivity contribution >= 4 is 27.8 Å². The number of halogens is 5. The lowest BCUT2D eigenvalue weighted by atomic mass is 10.1. The Hall–Kier alpha value is -1.64. The van der Waals surface area contributed by atoms with Crippen LogP contribution in [-0.4, -0.2) is 29.2 Å². The van der Waals surface area contributed by atoms with Gasteiger partial charge < -0.3 is 10.4 Å². The molecule has 1 atom stereocenters. The predicted molar refractivity (Wildman–Crippen MR) is 63.4 cm³/mol. The summed E-state index contributed by atoms with van der Waals surface area (Å²) >= 11 is 2.98. The van der Waals surface area contributed by atoms with Crippen molar-refractivity contribution in [2.45, 2.75) is 18.6 Å². The third kappa shape index (κ3) is 4.48. The molecule has 9 heteroatoms. The maximum atomic E-state index is 13.5. The molecular weight excluding hydrogens is 350 g/mol. The largest absolute Gasteiger partial charge is 0.480 e. The zero-order valence-corrected chi connectivity index (χ0v) is 11.3. The first-order valence-electron chi connectivity index (χ1n) is 5.15. The van der Waals surface area contributed by atoms with E-state index in [4.69, 9.17) is 5.11 Å². The first-order valence-corrected chi connectivity index (χ1v) is 5.95. The number of rotatable bonds is 4. The van der Waals surface area contributed by atoms with Gasteiger partial charge >= 0.3 is 18.1 Å². The van der Waals surface area contributed by atoms with E-state index in [2.05, 4.69) is 15.9 Å². The zero-order chi connectivity index (χ0) is 15.5. The lowest BCUT2D eigenvalue weighted by Crippen LogP contribution is -2.48. The van der Waals surface area contributed by atoms with Crippen LogP contribution in [0.25, 0.3) is 0 Å². The molecule has 1 amide bonds. The maximum Gasteiger partial charge on any atom is 0.471 e. The highest BCUT2D eigenvalue weighted by Crippen LogP contribution is 2.18. The predicted octanol–water partition coefficient (Wildman–Crippen LogP) is 2.26. The molecule has 1 aromatic carbocycles. The molecule has 0 aliphatic heterocycles. The Bertz CT molecular complexity index is 533. The average Bonchev–Trinajstić information content (AvgIpc) is 2.29. The van der Waals surface area contributed by atoms with Gasteiger partial charge in [-0.1, -0.05) is 22.0 Å². The van der Waals surface area contributed by atoms with E-state index in [0.717, 1.165) is 6.07 Å². The molecule has 4 nitrogen and oxygen atoms in total. The lowest BCUT2D eigenvalue weighted by molar-refractivity contribution is -0.175. The zero-order valence-electron chi connectivity index (χ0n) is 9.67. The Labute approximate surface area is 118 Å². The molecule has 0 unspecified atom stereocenters.